The van der Waals surface area contributed by atoms with Crippen LogP contribution in [0.1, 0.15) is 47.4 Å². The van der Waals surface area contributed by atoms with Gasteiger partial charge in [0.2, 0.25) is 5.91 Å². The number of amides is 1. The molecule has 142 valence electrons. The molecule has 27 heavy (non-hydrogen) atoms. The van der Waals surface area contributed by atoms with Crippen LogP contribution < -0.4 is 10.1 Å². The number of ether oxygens (including phenoxy) is 2. The molecule has 0 saturated heterocycles. The van der Waals surface area contributed by atoms with E-state index in [9.17, 15) is 14.4 Å². The summed E-state index contributed by atoms with van der Waals surface area (Å²) < 4.78 is 10.6. The molecule has 0 radical (unpaired) electrons. The third kappa shape index (κ3) is 6.58. The summed E-state index contributed by atoms with van der Waals surface area (Å²) in [4.78, 5) is 35.2. The lowest BCUT2D eigenvalue weighted by Crippen LogP contribution is -2.14. The molecule has 0 aliphatic carbocycles. The summed E-state index contributed by atoms with van der Waals surface area (Å²) in [7, 11) is 0. The number of anilines is 1. The molecular formula is C21H23NO5. The minimum Gasteiger partial charge on any atom is -0.494 e. The molecule has 2 rings (SSSR count). The molecule has 0 aliphatic heterocycles. The molecule has 0 unspecified atom stereocenters. The van der Waals surface area contributed by atoms with Crippen LogP contribution in [0.2, 0.25) is 0 Å². The van der Waals surface area contributed by atoms with Gasteiger partial charge in [0.15, 0.2) is 12.4 Å². The number of nitrogens with one attached hydrogen (secondary N) is 1. The molecule has 0 aromatic heterocycles. The Morgan fingerprint density at radius 3 is 2.15 bits per heavy atom. The first-order valence-corrected chi connectivity index (χ1v) is 8.80. The van der Waals surface area contributed by atoms with E-state index in [1.165, 1.54) is 6.92 Å². The van der Waals surface area contributed by atoms with E-state index in [0.717, 1.165) is 12.8 Å². The Hall–Kier alpha value is -3.15. The van der Waals surface area contributed by atoms with Gasteiger partial charge in [-0.25, -0.2) is 4.79 Å². The van der Waals surface area contributed by atoms with Crippen LogP contribution in [0, 0.1) is 0 Å². The Kier molecular flexibility index (Phi) is 7.55. The van der Waals surface area contributed by atoms with Gasteiger partial charge in [0.05, 0.1) is 12.2 Å². The van der Waals surface area contributed by atoms with Crippen molar-refractivity contribution in [2.45, 2.75) is 26.7 Å². The van der Waals surface area contributed by atoms with Gasteiger partial charge >= 0.3 is 5.97 Å². The Bertz CT molecular complexity index is 781. The normalized spacial score (nSPS) is 10.1. The van der Waals surface area contributed by atoms with Gasteiger partial charge in [-0.3, -0.25) is 9.59 Å². The lowest BCUT2D eigenvalue weighted by Gasteiger charge is -2.07. The zero-order chi connectivity index (χ0) is 19.6. The zero-order valence-electron chi connectivity index (χ0n) is 15.5. The van der Waals surface area contributed by atoms with E-state index in [1.807, 2.05) is 0 Å². The van der Waals surface area contributed by atoms with Gasteiger partial charge in [-0.2, -0.15) is 0 Å². The first-order chi connectivity index (χ1) is 13.0. The van der Waals surface area contributed by atoms with E-state index in [4.69, 9.17) is 9.47 Å². The summed E-state index contributed by atoms with van der Waals surface area (Å²) >= 11 is 0. The van der Waals surface area contributed by atoms with Gasteiger partial charge in [0, 0.05) is 18.2 Å². The van der Waals surface area contributed by atoms with Crippen LogP contribution in [0.4, 0.5) is 5.69 Å². The maximum Gasteiger partial charge on any atom is 0.338 e. The van der Waals surface area contributed by atoms with Crippen LogP contribution >= 0.6 is 0 Å². The van der Waals surface area contributed by atoms with Crippen molar-refractivity contribution in [3.63, 3.8) is 0 Å². The average molecular weight is 369 g/mol. The molecule has 0 saturated carbocycles. The fourth-order valence-corrected chi connectivity index (χ4v) is 2.26. The highest BCUT2D eigenvalue weighted by Gasteiger charge is 2.12. The molecule has 6 heteroatoms. The first kappa shape index (κ1) is 20.2. The fourth-order valence-electron chi connectivity index (χ4n) is 2.26. The predicted molar refractivity (Wildman–Crippen MR) is 102 cm³/mol. The Morgan fingerprint density at radius 1 is 0.926 bits per heavy atom. The van der Waals surface area contributed by atoms with Crippen molar-refractivity contribution in [1.82, 2.24) is 0 Å². The molecule has 0 bridgehead atoms. The first-order valence-electron chi connectivity index (χ1n) is 8.80. The van der Waals surface area contributed by atoms with Crippen LogP contribution in [0.15, 0.2) is 48.5 Å². The zero-order valence-corrected chi connectivity index (χ0v) is 15.5. The average Bonchev–Trinajstić information content (AvgIpc) is 2.66. The maximum atomic E-state index is 12.1. The Balaban J connectivity index is 1.85. The second-order valence-corrected chi connectivity index (χ2v) is 5.98. The second-order valence-electron chi connectivity index (χ2n) is 5.98. The maximum absolute atomic E-state index is 12.1. The summed E-state index contributed by atoms with van der Waals surface area (Å²) in [6, 6.07) is 13.0. The van der Waals surface area contributed by atoms with Crippen LogP contribution in [0.5, 0.6) is 5.75 Å². The van der Waals surface area contributed by atoms with Gasteiger partial charge in [0.25, 0.3) is 0 Å². The van der Waals surface area contributed by atoms with Crippen molar-refractivity contribution in [2.75, 3.05) is 18.5 Å². The van der Waals surface area contributed by atoms with Crippen LogP contribution in [0.3, 0.4) is 0 Å². The highest BCUT2D eigenvalue weighted by Crippen LogP contribution is 2.14. The quantitative estimate of drug-likeness (QED) is 0.412. The summed E-state index contributed by atoms with van der Waals surface area (Å²) in [5, 5.41) is 2.62. The lowest BCUT2D eigenvalue weighted by molar-refractivity contribution is -0.114. The number of esters is 1. The monoisotopic (exact) mass is 369 g/mol. The van der Waals surface area contributed by atoms with Crippen molar-refractivity contribution in [3.05, 3.63) is 59.7 Å². The number of benzene rings is 2. The number of ketones is 1. The van der Waals surface area contributed by atoms with Gasteiger partial charge in [-0.15, -0.1) is 0 Å². The molecule has 0 fully saturated rings. The molecular weight excluding hydrogens is 346 g/mol. The molecule has 0 aliphatic rings. The molecule has 0 heterocycles. The highest BCUT2D eigenvalue weighted by atomic mass is 16.5. The molecule has 6 nitrogen and oxygen atoms in total. The van der Waals surface area contributed by atoms with Crippen LogP contribution in [-0.4, -0.2) is 30.9 Å². The van der Waals surface area contributed by atoms with Gasteiger partial charge in [-0.05, 0) is 55.0 Å². The van der Waals surface area contributed by atoms with E-state index >= 15 is 0 Å². The standard InChI is InChI=1S/C21H23NO5/c1-3-4-13-26-19-11-7-17(8-12-19)21(25)27-14-20(24)16-5-9-18(10-6-16)22-15(2)23/h5-12H,3-4,13-14H2,1-2H3,(H,22,23). The number of hydrogen-bond acceptors (Lipinski definition) is 5. The van der Waals surface area contributed by atoms with Crippen molar-refractivity contribution in [3.8, 4) is 5.75 Å². The molecule has 2 aromatic rings. The minimum atomic E-state index is -0.571. The number of carbonyl (C=O) groups is 3. The molecule has 1 N–H and O–H groups in total. The number of hydrogen-bond donors (Lipinski definition) is 1. The summed E-state index contributed by atoms with van der Waals surface area (Å²) in [5.41, 5.74) is 1.35. The van der Waals surface area contributed by atoms with Crippen molar-refractivity contribution >= 4 is 23.3 Å². The smallest absolute Gasteiger partial charge is 0.338 e. The number of rotatable bonds is 9. The lowest BCUT2D eigenvalue weighted by atomic mass is 10.1. The predicted octanol–water partition coefficient (Wildman–Crippen LogP) is 3.86. The van der Waals surface area contributed by atoms with Gasteiger partial charge in [-0.1, -0.05) is 13.3 Å². The van der Waals surface area contributed by atoms with Crippen molar-refractivity contribution in [2.24, 2.45) is 0 Å². The molecule has 2 aromatic carbocycles. The summed E-state index contributed by atoms with van der Waals surface area (Å²) in [5.74, 6) is -0.393. The van der Waals surface area contributed by atoms with E-state index in [1.54, 1.807) is 48.5 Å². The molecule has 0 atom stereocenters. The Labute approximate surface area is 158 Å². The molecule has 1 amide bonds. The van der Waals surface area contributed by atoms with E-state index in [2.05, 4.69) is 12.2 Å². The van der Waals surface area contributed by atoms with Gasteiger partial charge < -0.3 is 14.8 Å². The molecule has 0 spiro atoms. The number of Topliss-reactive ketones (excluding diaryl/α,β-unsaturated/α-hetero) is 1. The third-order valence-corrected chi connectivity index (χ3v) is 3.72. The third-order valence-electron chi connectivity index (χ3n) is 3.72. The Morgan fingerprint density at radius 2 is 1.56 bits per heavy atom. The topological polar surface area (TPSA) is 81.7 Å². The summed E-state index contributed by atoms with van der Waals surface area (Å²) in [6.45, 7) is 3.77. The number of carbonyl (C=O) groups excluding carboxylic acids is 3. The largest absolute Gasteiger partial charge is 0.494 e. The van der Waals surface area contributed by atoms with Crippen molar-refractivity contribution in [1.29, 1.82) is 0 Å². The minimum absolute atomic E-state index is 0.190. The van der Waals surface area contributed by atoms with Crippen molar-refractivity contribution < 1.29 is 23.9 Å². The van der Waals surface area contributed by atoms with Crippen LogP contribution in [0.25, 0.3) is 0 Å². The van der Waals surface area contributed by atoms with Crippen LogP contribution in [-0.2, 0) is 9.53 Å². The highest BCUT2D eigenvalue weighted by molar-refractivity contribution is 6.00. The van der Waals surface area contributed by atoms with Gasteiger partial charge in [0.1, 0.15) is 5.75 Å². The van der Waals surface area contributed by atoms with E-state index < -0.39 is 5.97 Å². The summed E-state index contributed by atoms with van der Waals surface area (Å²) in [6.07, 6.45) is 2.02. The second kappa shape index (κ2) is 10.1. The SMILES string of the molecule is CCCCOc1ccc(C(=O)OCC(=O)c2ccc(NC(C)=O)cc2)cc1. The van der Waals surface area contributed by atoms with E-state index in [0.29, 0.717) is 29.2 Å². The van der Waals surface area contributed by atoms with E-state index in [-0.39, 0.29) is 18.3 Å². The number of unbranched alkanes of at least 4 members (excludes halogenated alkanes) is 1. The fraction of sp³-hybridized carbons (Fsp3) is 0.286.